The lowest BCUT2D eigenvalue weighted by molar-refractivity contribution is 0.444. The van der Waals surface area contributed by atoms with Gasteiger partial charge in [-0.05, 0) is 41.8 Å². The number of halogens is 5. The minimum atomic E-state index is -1.52. The van der Waals surface area contributed by atoms with E-state index >= 15 is 0 Å². The quantitative estimate of drug-likeness (QED) is 0.599. The maximum atomic E-state index is 13.7. The highest BCUT2D eigenvalue weighted by Crippen LogP contribution is 2.38. The fraction of sp³-hybridized carbons (Fsp3) is 0.143. The van der Waals surface area contributed by atoms with Crippen molar-refractivity contribution in [3.63, 3.8) is 0 Å². The zero-order valence-corrected chi connectivity index (χ0v) is 10.7. The molecule has 0 aromatic heterocycles. The van der Waals surface area contributed by atoms with E-state index in [4.69, 9.17) is 11.6 Å². The molecular formula is C14H8ClF4N. The van der Waals surface area contributed by atoms with Gasteiger partial charge in [0.2, 0.25) is 0 Å². The molecule has 0 saturated carbocycles. The first kappa shape index (κ1) is 13.2. The SMILES string of the molecule is Fc1cc(C2Cc3cc(Cl)cc(F)c3N2)cc(F)c1F. The second-order valence-electron chi connectivity index (χ2n) is 4.62. The van der Waals surface area contributed by atoms with Crippen molar-refractivity contribution in [1.82, 2.24) is 0 Å². The van der Waals surface area contributed by atoms with Gasteiger partial charge in [0.25, 0.3) is 0 Å². The molecule has 1 nitrogen and oxygen atoms in total. The summed E-state index contributed by atoms with van der Waals surface area (Å²) in [7, 11) is 0. The Morgan fingerprint density at radius 2 is 1.60 bits per heavy atom. The van der Waals surface area contributed by atoms with Crippen molar-refractivity contribution in [3.8, 4) is 0 Å². The van der Waals surface area contributed by atoms with Gasteiger partial charge in [0.1, 0.15) is 5.82 Å². The fourth-order valence-electron chi connectivity index (χ4n) is 2.37. The molecule has 3 rings (SSSR count). The summed E-state index contributed by atoms with van der Waals surface area (Å²) < 4.78 is 53.1. The molecule has 1 aliphatic heterocycles. The van der Waals surface area contributed by atoms with Crippen LogP contribution in [0.15, 0.2) is 24.3 Å². The van der Waals surface area contributed by atoms with Crippen molar-refractivity contribution in [2.24, 2.45) is 0 Å². The fourth-order valence-corrected chi connectivity index (χ4v) is 2.60. The third-order valence-electron chi connectivity index (χ3n) is 3.29. The number of hydrogen-bond donors (Lipinski definition) is 1. The lowest BCUT2D eigenvalue weighted by Crippen LogP contribution is -2.08. The Hall–Kier alpha value is -1.75. The van der Waals surface area contributed by atoms with Crippen LogP contribution in [0.1, 0.15) is 17.2 Å². The second kappa shape index (κ2) is 4.66. The molecule has 0 saturated heterocycles. The first-order chi connectivity index (χ1) is 9.45. The Bertz CT molecular complexity index is 679. The Kier molecular flexibility index (Phi) is 3.09. The highest BCUT2D eigenvalue weighted by molar-refractivity contribution is 6.30. The van der Waals surface area contributed by atoms with Crippen LogP contribution in [0.2, 0.25) is 5.02 Å². The largest absolute Gasteiger partial charge is 0.375 e. The van der Waals surface area contributed by atoms with Crippen LogP contribution in [0, 0.1) is 23.3 Å². The summed E-state index contributed by atoms with van der Waals surface area (Å²) in [6, 6.07) is 4.02. The maximum Gasteiger partial charge on any atom is 0.194 e. The van der Waals surface area contributed by atoms with E-state index in [1.54, 1.807) is 6.07 Å². The second-order valence-corrected chi connectivity index (χ2v) is 5.06. The molecule has 0 bridgehead atoms. The summed E-state index contributed by atoms with van der Waals surface area (Å²) in [4.78, 5) is 0. The molecule has 2 aromatic carbocycles. The highest BCUT2D eigenvalue weighted by Gasteiger charge is 2.27. The molecule has 2 aromatic rings. The molecule has 1 atom stereocenters. The van der Waals surface area contributed by atoms with Crippen LogP contribution in [0.3, 0.4) is 0 Å². The maximum absolute atomic E-state index is 13.7. The average Bonchev–Trinajstić information content (AvgIpc) is 2.79. The molecule has 1 unspecified atom stereocenters. The summed E-state index contributed by atoms with van der Waals surface area (Å²) in [6.45, 7) is 0. The number of anilines is 1. The van der Waals surface area contributed by atoms with Gasteiger partial charge >= 0.3 is 0 Å². The van der Waals surface area contributed by atoms with Gasteiger partial charge in [0.15, 0.2) is 17.5 Å². The highest BCUT2D eigenvalue weighted by atomic mass is 35.5. The number of benzene rings is 2. The van der Waals surface area contributed by atoms with E-state index < -0.39 is 29.3 Å². The predicted octanol–water partition coefficient (Wildman–Crippen LogP) is 4.61. The van der Waals surface area contributed by atoms with Crippen molar-refractivity contribution in [3.05, 3.63) is 63.7 Å². The molecule has 0 amide bonds. The van der Waals surface area contributed by atoms with E-state index in [-0.39, 0.29) is 16.3 Å². The van der Waals surface area contributed by atoms with Crippen molar-refractivity contribution >= 4 is 17.3 Å². The monoisotopic (exact) mass is 301 g/mol. The van der Waals surface area contributed by atoms with Crippen LogP contribution >= 0.6 is 11.6 Å². The third-order valence-corrected chi connectivity index (χ3v) is 3.51. The van der Waals surface area contributed by atoms with E-state index in [1.165, 1.54) is 0 Å². The van der Waals surface area contributed by atoms with Crippen LogP contribution in [-0.2, 0) is 6.42 Å². The number of nitrogens with one attached hydrogen (secondary N) is 1. The lowest BCUT2D eigenvalue weighted by atomic mass is 10.0. The Balaban J connectivity index is 1.98. The molecule has 1 aliphatic rings. The Labute approximate surface area is 117 Å². The summed E-state index contributed by atoms with van der Waals surface area (Å²) in [6.07, 6.45) is 0.317. The summed E-state index contributed by atoms with van der Waals surface area (Å²) >= 11 is 5.76. The van der Waals surface area contributed by atoms with Gasteiger partial charge in [-0.3, -0.25) is 0 Å². The van der Waals surface area contributed by atoms with Gasteiger partial charge in [-0.2, -0.15) is 0 Å². The van der Waals surface area contributed by atoms with Gasteiger partial charge in [0, 0.05) is 5.02 Å². The Morgan fingerprint density at radius 1 is 0.950 bits per heavy atom. The van der Waals surface area contributed by atoms with Crippen LogP contribution < -0.4 is 5.32 Å². The van der Waals surface area contributed by atoms with Crippen LogP contribution in [0.4, 0.5) is 23.2 Å². The average molecular weight is 302 g/mol. The van der Waals surface area contributed by atoms with E-state index in [1.807, 2.05) is 0 Å². The minimum Gasteiger partial charge on any atom is -0.375 e. The molecule has 1 heterocycles. The molecule has 0 aliphatic carbocycles. The molecule has 104 valence electrons. The molecule has 6 heteroatoms. The summed E-state index contributed by atoms with van der Waals surface area (Å²) in [5.74, 6) is -4.58. The zero-order chi connectivity index (χ0) is 14.4. The molecular weight excluding hydrogens is 294 g/mol. The van der Waals surface area contributed by atoms with E-state index in [0.717, 1.165) is 18.2 Å². The van der Waals surface area contributed by atoms with Gasteiger partial charge in [-0.25, -0.2) is 17.6 Å². The lowest BCUT2D eigenvalue weighted by Gasteiger charge is -2.12. The number of rotatable bonds is 1. The van der Waals surface area contributed by atoms with Gasteiger partial charge < -0.3 is 5.32 Å². The third kappa shape index (κ3) is 2.12. The predicted molar refractivity (Wildman–Crippen MR) is 67.8 cm³/mol. The first-order valence-electron chi connectivity index (χ1n) is 5.84. The van der Waals surface area contributed by atoms with Crippen LogP contribution in [0.5, 0.6) is 0 Å². The molecule has 0 radical (unpaired) electrons. The Morgan fingerprint density at radius 3 is 2.25 bits per heavy atom. The zero-order valence-electron chi connectivity index (χ0n) is 9.98. The van der Waals surface area contributed by atoms with Crippen molar-refractivity contribution in [2.45, 2.75) is 12.5 Å². The van der Waals surface area contributed by atoms with Crippen LogP contribution in [-0.4, -0.2) is 0 Å². The van der Waals surface area contributed by atoms with E-state index in [0.29, 0.717) is 12.0 Å². The molecule has 1 N–H and O–H groups in total. The normalized spacial score (nSPS) is 16.9. The van der Waals surface area contributed by atoms with E-state index in [2.05, 4.69) is 5.32 Å². The summed E-state index contributed by atoms with van der Waals surface area (Å²) in [5.41, 5.74) is 1.09. The van der Waals surface area contributed by atoms with Crippen molar-refractivity contribution < 1.29 is 17.6 Å². The number of hydrogen-bond acceptors (Lipinski definition) is 1. The smallest absolute Gasteiger partial charge is 0.194 e. The number of fused-ring (bicyclic) bond motifs is 1. The van der Waals surface area contributed by atoms with Crippen LogP contribution in [0.25, 0.3) is 0 Å². The topological polar surface area (TPSA) is 12.0 Å². The van der Waals surface area contributed by atoms with Gasteiger partial charge in [-0.1, -0.05) is 11.6 Å². The van der Waals surface area contributed by atoms with Crippen molar-refractivity contribution in [2.75, 3.05) is 5.32 Å². The first-order valence-corrected chi connectivity index (χ1v) is 6.22. The van der Waals surface area contributed by atoms with Crippen molar-refractivity contribution in [1.29, 1.82) is 0 Å². The van der Waals surface area contributed by atoms with Gasteiger partial charge in [-0.15, -0.1) is 0 Å². The molecule has 20 heavy (non-hydrogen) atoms. The molecule has 0 spiro atoms. The standard InChI is InChI=1S/C14H8ClF4N/c15-8-1-7-4-12(20-14(7)11(18)5-8)6-2-9(16)13(19)10(17)3-6/h1-3,5,12,20H,4H2. The van der Waals surface area contributed by atoms with E-state index in [9.17, 15) is 17.6 Å². The molecule has 0 fully saturated rings. The van der Waals surface area contributed by atoms with Gasteiger partial charge in [0.05, 0.1) is 11.7 Å². The summed E-state index contributed by atoms with van der Waals surface area (Å²) in [5, 5.41) is 3.08. The minimum absolute atomic E-state index is 0.216.